The van der Waals surface area contributed by atoms with Crippen LogP contribution in [0.15, 0.2) is 0 Å². The lowest BCUT2D eigenvalue weighted by Crippen LogP contribution is -2.46. The zero-order valence-corrected chi connectivity index (χ0v) is 15.4. The Bertz CT molecular complexity index is 230. The molecular weight excluding hydrogens is 275 g/mol. The molecule has 0 rings (SSSR count). The summed E-state index contributed by atoms with van der Waals surface area (Å²) in [6, 6.07) is 0. The monoisotopic (exact) mass is 314 g/mol. The average molecular weight is 314 g/mol. The van der Waals surface area contributed by atoms with Gasteiger partial charge < -0.3 is 14.7 Å². The zero-order chi connectivity index (χ0) is 16.8. The normalized spacial score (nSPS) is 12.1. The van der Waals surface area contributed by atoms with Crippen molar-refractivity contribution in [1.82, 2.24) is 0 Å². The smallest absolute Gasteiger partial charge is 0.402 e. The van der Waals surface area contributed by atoms with Crippen molar-refractivity contribution in [3.8, 4) is 0 Å². The highest BCUT2D eigenvalue weighted by Gasteiger charge is 2.40. The molecule has 22 heavy (non-hydrogen) atoms. The minimum Gasteiger partial charge on any atom is -0.402 e. The molecular formula is C18H39BO3. The molecule has 0 saturated carbocycles. The lowest BCUT2D eigenvalue weighted by Gasteiger charge is -2.42. The van der Waals surface area contributed by atoms with E-state index in [9.17, 15) is 10.0 Å². The predicted molar refractivity (Wildman–Crippen MR) is 95.6 cm³/mol. The molecule has 4 heteroatoms. The SMILES string of the molecule is CCCCC(CCCC)C(CCCC)(CCCC)OB(O)O. The van der Waals surface area contributed by atoms with Crippen molar-refractivity contribution in [1.29, 1.82) is 0 Å². The summed E-state index contributed by atoms with van der Waals surface area (Å²) in [5.41, 5.74) is -0.357. The fourth-order valence-corrected chi connectivity index (χ4v) is 3.48. The third kappa shape index (κ3) is 8.54. The molecule has 0 aliphatic carbocycles. The van der Waals surface area contributed by atoms with Crippen LogP contribution in [0.5, 0.6) is 0 Å². The van der Waals surface area contributed by atoms with Gasteiger partial charge in [0.2, 0.25) is 0 Å². The summed E-state index contributed by atoms with van der Waals surface area (Å²) in [4.78, 5) is 0. The van der Waals surface area contributed by atoms with Crippen LogP contribution in [-0.2, 0) is 4.65 Å². The van der Waals surface area contributed by atoms with Gasteiger partial charge in [-0.1, -0.05) is 79.1 Å². The Labute approximate surface area is 139 Å². The van der Waals surface area contributed by atoms with Gasteiger partial charge in [-0.3, -0.25) is 0 Å². The molecule has 0 heterocycles. The van der Waals surface area contributed by atoms with E-state index < -0.39 is 7.32 Å². The van der Waals surface area contributed by atoms with Gasteiger partial charge in [0, 0.05) is 0 Å². The van der Waals surface area contributed by atoms with Crippen LogP contribution in [0, 0.1) is 5.92 Å². The summed E-state index contributed by atoms with van der Waals surface area (Å²) in [6.45, 7) is 8.82. The first-order chi connectivity index (χ1) is 10.6. The molecule has 0 fully saturated rings. The van der Waals surface area contributed by atoms with E-state index in [0.29, 0.717) is 5.92 Å². The summed E-state index contributed by atoms with van der Waals surface area (Å²) in [5, 5.41) is 19.0. The Morgan fingerprint density at radius 2 is 1.18 bits per heavy atom. The molecule has 0 aromatic carbocycles. The number of rotatable bonds is 15. The second kappa shape index (κ2) is 13.4. The fraction of sp³-hybridized carbons (Fsp3) is 1.00. The van der Waals surface area contributed by atoms with Crippen LogP contribution >= 0.6 is 0 Å². The molecule has 0 aliphatic rings. The Kier molecular flexibility index (Phi) is 13.4. The quantitative estimate of drug-likeness (QED) is 0.414. The Balaban J connectivity index is 5.23. The summed E-state index contributed by atoms with van der Waals surface area (Å²) < 4.78 is 5.81. The van der Waals surface area contributed by atoms with E-state index in [-0.39, 0.29) is 5.60 Å². The fourth-order valence-electron chi connectivity index (χ4n) is 3.48. The van der Waals surface area contributed by atoms with Crippen LogP contribution in [0.2, 0.25) is 0 Å². The van der Waals surface area contributed by atoms with Gasteiger partial charge in [-0.25, -0.2) is 0 Å². The molecule has 0 amide bonds. The van der Waals surface area contributed by atoms with E-state index in [4.69, 9.17) is 4.65 Å². The van der Waals surface area contributed by atoms with Gasteiger partial charge in [0.25, 0.3) is 0 Å². The van der Waals surface area contributed by atoms with E-state index in [1.54, 1.807) is 0 Å². The van der Waals surface area contributed by atoms with Crippen LogP contribution in [0.25, 0.3) is 0 Å². The van der Waals surface area contributed by atoms with Gasteiger partial charge >= 0.3 is 7.32 Å². The highest BCUT2D eigenvalue weighted by molar-refractivity contribution is 6.32. The first-order valence-electron chi connectivity index (χ1n) is 9.60. The van der Waals surface area contributed by atoms with E-state index in [1.165, 1.54) is 25.7 Å². The molecule has 0 spiro atoms. The lowest BCUT2D eigenvalue weighted by atomic mass is 9.73. The molecule has 2 N–H and O–H groups in total. The van der Waals surface area contributed by atoms with Gasteiger partial charge in [-0.05, 0) is 31.6 Å². The zero-order valence-electron chi connectivity index (χ0n) is 15.4. The topological polar surface area (TPSA) is 49.7 Å². The second-order valence-corrected chi connectivity index (χ2v) is 6.70. The third-order valence-corrected chi connectivity index (χ3v) is 4.80. The molecule has 0 aromatic rings. The Morgan fingerprint density at radius 1 is 0.773 bits per heavy atom. The summed E-state index contributed by atoms with van der Waals surface area (Å²) in [5.74, 6) is 0.437. The maximum absolute atomic E-state index is 9.52. The highest BCUT2D eigenvalue weighted by Crippen LogP contribution is 2.39. The van der Waals surface area contributed by atoms with Crippen LogP contribution in [-0.4, -0.2) is 23.0 Å². The predicted octanol–water partition coefficient (Wildman–Crippen LogP) is 5.09. The van der Waals surface area contributed by atoms with Gasteiger partial charge in [-0.2, -0.15) is 0 Å². The van der Waals surface area contributed by atoms with E-state index in [1.807, 2.05) is 0 Å². The van der Waals surface area contributed by atoms with E-state index in [0.717, 1.165) is 51.4 Å². The number of unbranched alkanes of at least 4 members (excludes halogenated alkanes) is 4. The summed E-state index contributed by atoms with van der Waals surface area (Å²) in [6.07, 6.45) is 13.3. The van der Waals surface area contributed by atoms with Gasteiger partial charge in [0.1, 0.15) is 0 Å². The van der Waals surface area contributed by atoms with Crippen molar-refractivity contribution in [2.45, 2.75) is 110 Å². The van der Waals surface area contributed by atoms with Crippen molar-refractivity contribution >= 4 is 7.32 Å². The van der Waals surface area contributed by atoms with Crippen molar-refractivity contribution in [3.05, 3.63) is 0 Å². The molecule has 0 atom stereocenters. The minimum absolute atomic E-state index is 0.357. The van der Waals surface area contributed by atoms with Crippen molar-refractivity contribution in [2.24, 2.45) is 5.92 Å². The summed E-state index contributed by atoms with van der Waals surface area (Å²) in [7, 11) is -1.65. The molecule has 0 aromatic heterocycles. The number of hydrogen-bond acceptors (Lipinski definition) is 3. The second-order valence-electron chi connectivity index (χ2n) is 6.70. The van der Waals surface area contributed by atoms with Crippen LogP contribution in [0.1, 0.15) is 105 Å². The van der Waals surface area contributed by atoms with Gasteiger partial charge in [0.05, 0.1) is 5.60 Å². The Morgan fingerprint density at radius 3 is 1.50 bits per heavy atom. The Hall–Kier alpha value is -0.0551. The first kappa shape index (κ1) is 21.9. The van der Waals surface area contributed by atoms with Crippen LogP contribution < -0.4 is 0 Å². The molecule has 0 aliphatic heterocycles. The third-order valence-electron chi connectivity index (χ3n) is 4.80. The van der Waals surface area contributed by atoms with Crippen molar-refractivity contribution in [2.75, 3.05) is 0 Å². The highest BCUT2D eigenvalue weighted by atomic mass is 16.6. The van der Waals surface area contributed by atoms with Crippen molar-refractivity contribution in [3.63, 3.8) is 0 Å². The molecule has 0 unspecified atom stereocenters. The molecule has 0 radical (unpaired) electrons. The van der Waals surface area contributed by atoms with Crippen LogP contribution in [0.3, 0.4) is 0 Å². The molecule has 0 bridgehead atoms. The van der Waals surface area contributed by atoms with Gasteiger partial charge in [-0.15, -0.1) is 0 Å². The molecule has 0 saturated heterocycles. The number of hydrogen-bond donors (Lipinski definition) is 2. The van der Waals surface area contributed by atoms with Crippen molar-refractivity contribution < 1.29 is 14.7 Å². The van der Waals surface area contributed by atoms with Gasteiger partial charge in [0.15, 0.2) is 0 Å². The molecule has 132 valence electrons. The van der Waals surface area contributed by atoms with Crippen LogP contribution in [0.4, 0.5) is 0 Å². The van der Waals surface area contributed by atoms with E-state index >= 15 is 0 Å². The largest absolute Gasteiger partial charge is 0.634 e. The van der Waals surface area contributed by atoms with E-state index in [2.05, 4.69) is 27.7 Å². The average Bonchev–Trinajstić information content (AvgIpc) is 2.50. The molecule has 3 nitrogen and oxygen atoms in total. The maximum Gasteiger partial charge on any atom is 0.634 e. The minimum atomic E-state index is -1.65. The lowest BCUT2D eigenvalue weighted by molar-refractivity contribution is -0.0526. The summed E-state index contributed by atoms with van der Waals surface area (Å²) >= 11 is 0. The standard InChI is InChI=1S/C18H39BO3/c1-5-9-13-17(14-10-6-2)18(15-11-7-3,16-12-8-4)22-19(20)21/h17,20-21H,5-16H2,1-4H3. The maximum atomic E-state index is 9.52. The first-order valence-corrected chi connectivity index (χ1v) is 9.60.